The lowest BCUT2D eigenvalue weighted by Gasteiger charge is -2.32. The molecule has 1 N–H and O–H groups in total. The lowest BCUT2D eigenvalue weighted by atomic mass is 10.0. The number of ether oxygens (including phenoxy) is 1. The Balaban J connectivity index is 2.45. The molecule has 1 aromatic heterocycles. The Morgan fingerprint density at radius 3 is 2.72 bits per heavy atom. The normalized spacial score (nSPS) is 14.2. The Kier molecular flexibility index (Phi) is 7.22. The number of benzene rings is 1. The molecule has 0 saturated heterocycles. The number of halogens is 2. The van der Waals surface area contributed by atoms with Crippen LogP contribution in [0.4, 0.5) is 0 Å². The SMILES string of the molecule is CC#CC(C)(NC(C)=O)C(Oc1nc2c(I)cccc2cc1I)SC. The fourth-order valence-electron chi connectivity index (χ4n) is 2.48. The molecule has 2 unspecified atom stereocenters. The molecule has 25 heavy (non-hydrogen) atoms. The Morgan fingerprint density at radius 1 is 1.40 bits per heavy atom. The molecule has 2 rings (SSSR count). The maximum Gasteiger partial charge on any atom is 0.228 e. The van der Waals surface area contributed by atoms with Crippen LogP contribution >= 0.6 is 56.9 Å². The van der Waals surface area contributed by atoms with Gasteiger partial charge in [-0.3, -0.25) is 4.79 Å². The van der Waals surface area contributed by atoms with Gasteiger partial charge in [-0.1, -0.05) is 18.1 Å². The number of nitrogens with zero attached hydrogens (tertiary/aromatic N) is 1. The Hall–Kier alpha value is -0.730. The topological polar surface area (TPSA) is 51.2 Å². The molecule has 0 aliphatic carbocycles. The van der Waals surface area contributed by atoms with Crippen LogP contribution in [0.5, 0.6) is 5.88 Å². The average molecular weight is 580 g/mol. The third kappa shape index (κ3) is 4.92. The van der Waals surface area contributed by atoms with Crippen LogP contribution < -0.4 is 10.1 Å². The van der Waals surface area contributed by atoms with Crippen molar-refractivity contribution in [2.24, 2.45) is 0 Å². The number of pyridine rings is 1. The molecule has 1 amide bonds. The Morgan fingerprint density at radius 2 is 2.12 bits per heavy atom. The summed E-state index contributed by atoms with van der Waals surface area (Å²) in [5, 5.41) is 3.98. The van der Waals surface area contributed by atoms with Gasteiger partial charge in [0.15, 0.2) is 5.44 Å². The minimum Gasteiger partial charge on any atom is -0.459 e. The first-order valence-corrected chi connectivity index (χ1v) is 10.9. The first kappa shape index (κ1) is 20.6. The van der Waals surface area contributed by atoms with Gasteiger partial charge in [-0.2, -0.15) is 0 Å². The zero-order valence-electron chi connectivity index (χ0n) is 14.3. The molecule has 1 heterocycles. The smallest absolute Gasteiger partial charge is 0.228 e. The molecular weight excluding hydrogens is 562 g/mol. The second kappa shape index (κ2) is 8.77. The second-order valence-corrected chi connectivity index (χ2v) is 8.75. The standard InChI is InChI=1S/C18H18I2N2O2S/c1-5-9-18(3,22-11(2)23)17(25-4)24-16-14(20)10-12-7-6-8-13(19)15(12)21-16/h6-8,10,17H,1-4H3,(H,22,23). The van der Waals surface area contributed by atoms with Crippen molar-refractivity contribution < 1.29 is 9.53 Å². The maximum atomic E-state index is 11.6. The van der Waals surface area contributed by atoms with E-state index in [1.807, 2.05) is 31.4 Å². The van der Waals surface area contributed by atoms with Crippen LogP contribution in [0, 0.1) is 19.0 Å². The van der Waals surface area contributed by atoms with E-state index < -0.39 is 11.0 Å². The highest BCUT2D eigenvalue weighted by Gasteiger charge is 2.36. The number of hydrogen-bond donors (Lipinski definition) is 1. The summed E-state index contributed by atoms with van der Waals surface area (Å²) in [7, 11) is 0. The van der Waals surface area contributed by atoms with E-state index in [0.717, 1.165) is 18.0 Å². The highest BCUT2D eigenvalue weighted by Crippen LogP contribution is 2.31. The van der Waals surface area contributed by atoms with Crippen LogP contribution in [0.1, 0.15) is 20.8 Å². The summed E-state index contributed by atoms with van der Waals surface area (Å²) in [6.45, 7) is 5.09. The predicted molar refractivity (Wildman–Crippen MR) is 121 cm³/mol. The summed E-state index contributed by atoms with van der Waals surface area (Å²) in [5.74, 6) is 6.35. The molecule has 132 valence electrons. The molecule has 2 atom stereocenters. The molecule has 1 aromatic carbocycles. The van der Waals surface area contributed by atoms with Crippen molar-refractivity contribution in [3.63, 3.8) is 0 Å². The molecule has 2 aromatic rings. The lowest BCUT2D eigenvalue weighted by Crippen LogP contribution is -2.53. The van der Waals surface area contributed by atoms with Crippen molar-refractivity contribution in [2.75, 3.05) is 6.26 Å². The molecule has 0 aliphatic rings. The molecule has 0 spiro atoms. The van der Waals surface area contributed by atoms with E-state index in [-0.39, 0.29) is 5.91 Å². The summed E-state index contributed by atoms with van der Waals surface area (Å²) >= 11 is 5.98. The van der Waals surface area contributed by atoms with Gasteiger partial charge in [0.1, 0.15) is 5.54 Å². The minimum absolute atomic E-state index is 0.149. The Labute approximate surface area is 179 Å². The Bertz CT molecular complexity index is 863. The molecule has 0 bridgehead atoms. The van der Waals surface area contributed by atoms with Crippen LogP contribution in [-0.2, 0) is 4.79 Å². The predicted octanol–water partition coefficient (Wildman–Crippen LogP) is 4.43. The van der Waals surface area contributed by atoms with Gasteiger partial charge in [0, 0.05) is 15.9 Å². The van der Waals surface area contributed by atoms with Gasteiger partial charge in [-0.05, 0) is 77.4 Å². The molecule has 7 heteroatoms. The summed E-state index contributed by atoms with van der Waals surface area (Å²) in [5.41, 5.74) is -0.311. The third-order valence-corrected chi connectivity index (χ3v) is 6.08. The zero-order chi connectivity index (χ0) is 18.6. The third-order valence-electron chi connectivity index (χ3n) is 3.44. The van der Waals surface area contributed by atoms with Crippen molar-refractivity contribution in [2.45, 2.75) is 31.7 Å². The minimum atomic E-state index is -0.816. The van der Waals surface area contributed by atoms with Crippen molar-refractivity contribution in [1.82, 2.24) is 10.3 Å². The van der Waals surface area contributed by atoms with E-state index >= 15 is 0 Å². The van der Waals surface area contributed by atoms with Gasteiger partial charge in [-0.25, -0.2) is 4.98 Å². The number of amides is 1. The number of hydrogen-bond acceptors (Lipinski definition) is 4. The summed E-state index contributed by atoms with van der Waals surface area (Å²) < 4.78 is 8.18. The second-order valence-electron chi connectivity index (χ2n) is 5.53. The van der Waals surface area contributed by atoms with Gasteiger partial charge in [-0.15, -0.1) is 17.7 Å². The first-order valence-electron chi connectivity index (χ1n) is 7.47. The van der Waals surface area contributed by atoms with Crippen LogP contribution in [0.3, 0.4) is 0 Å². The van der Waals surface area contributed by atoms with E-state index in [2.05, 4.69) is 68.4 Å². The lowest BCUT2D eigenvalue weighted by molar-refractivity contribution is -0.120. The van der Waals surface area contributed by atoms with E-state index in [4.69, 9.17) is 9.72 Å². The quantitative estimate of drug-likeness (QED) is 0.323. The van der Waals surface area contributed by atoms with E-state index in [1.165, 1.54) is 18.7 Å². The number of rotatable bonds is 5. The molecule has 0 radical (unpaired) electrons. The summed E-state index contributed by atoms with van der Waals surface area (Å²) in [6, 6.07) is 8.12. The number of carbonyl (C=O) groups excluding carboxylic acids is 1. The number of aromatic nitrogens is 1. The number of carbonyl (C=O) groups is 1. The zero-order valence-corrected chi connectivity index (χ0v) is 19.4. The molecule has 0 fully saturated rings. The number of fused-ring (bicyclic) bond motifs is 1. The summed E-state index contributed by atoms with van der Waals surface area (Å²) in [4.78, 5) is 16.3. The van der Waals surface area contributed by atoms with Crippen LogP contribution in [0.15, 0.2) is 24.3 Å². The van der Waals surface area contributed by atoms with Crippen molar-refractivity contribution in [1.29, 1.82) is 0 Å². The largest absolute Gasteiger partial charge is 0.459 e. The van der Waals surface area contributed by atoms with Crippen molar-refractivity contribution in [3.05, 3.63) is 31.4 Å². The summed E-state index contributed by atoms with van der Waals surface area (Å²) in [6.07, 6.45) is 1.93. The molecular formula is C18H18I2N2O2S. The molecule has 4 nitrogen and oxygen atoms in total. The van der Waals surface area contributed by atoms with Crippen molar-refractivity contribution >= 4 is 73.8 Å². The number of thioether (sulfide) groups is 1. The number of nitrogens with one attached hydrogen (secondary N) is 1. The van der Waals surface area contributed by atoms with Crippen molar-refractivity contribution in [3.8, 4) is 17.7 Å². The van der Waals surface area contributed by atoms with E-state index in [9.17, 15) is 4.79 Å². The first-order chi connectivity index (χ1) is 11.8. The highest BCUT2D eigenvalue weighted by molar-refractivity contribution is 14.1. The van der Waals surface area contributed by atoms with Crippen LogP contribution in [0.2, 0.25) is 0 Å². The van der Waals surface area contributed by atoms with Gasteiger partial charge in [0.25, 0.3) is 0 Å². The number of para-hydroxylation sites is 1. The fourth-order valence-corrected chi connectivity index (χ4v) is 4.48. The van der Waals surface area contributed by atoms with Gasteiger partial charge < -0.3 is 10.1 Å². The molecule has 0 saturated carbocycles. The van der Waals surface area contributed by atoms with Crippen LogP contribution in [0.25, 0.3) is 10.9 Å². The molecule has 0 aliphatic heterocycles. The monoisotopic (exact) mass is 580 g/mol. The van der Waals surface area contributed by atoms with Crippen LogP contribution in [-0.4, -0.2) is 28.1 Å². The van der Waals surface area contributed by atoms with Gasteiger partial charge >= 0.3 is 0 Å². The highest BCUT2D eigenvalue weighted by atomic mass is 127. The van der Waals surface area contributed by atoms with E-state index in [0.29, 0.717) is 5.88 Å². The van der Waals surface area contributed by atoms with E-state index in [1.54, 1.807) is 6.92 Å². The van der Waals surface area contributed by atoms with Gasteiger partial charge in [0.05, 0.1) is 9.09 Å². The van der Waals surface area contributed by atoms with Gasteiger partial charge in [0.2, 0.25) is 11.8 Å². The maximum absolute atomic E-state index is 11.6. The fraction of sp³-hybridized carbons (Fsp3) is 0.333. The average Bonchev–Trinajstić information content (AvgIpc) is 2.52.